The van der Waals surface area contributed by atoms with E-state index in [1.165, 1.54) is 16.8 Å². The van der Waals surface area contributed by atoms with Crippen LogP contribution in [0, 0.1) is 12.7 Å². The fraction of sp³-hybridized carbons (Fsp3) is 0.409. The van der Waals surface area contributed by atoms with E-state index in [-0.39, 0.29) is 29.0 Å². The molecule has 8 heteroatoms. The molecule has 0 spiro atoms. The molecular formula is C22H25FN4O3. The Balaban J connectivity index is 1.53. The molecule has 1 atom stereocenters. The van der Waals surface area contributed by atoms with E-state index in [1.807, 2.05) is 25.1 Å². The molecule has 0 radical (unpaired) electrons. The molecule has 1 N–H and O–H groups in total. The zero-order valence-corrected chi connectivity index (χ0v) is 17.2. The summed E-state index contributed by atoms with van der Waals surface area (Å²) < 4.78 is 15.7. The number of hydrogen-bond donors (Lipinski definition) is 1. The molecule has 158 valence electrons. The van der Waals surface area contributed by atoms with Gasteiger partial charge in [-0.1, -0.05) is 12.1 Å². The van der Waals surface area contributed by atoms with Crippen LogP contribution < -0.4 is 20.7 Å². The van der Waals surface area contributed by atoms with Crippen LogP contribution in [0.3, 0.4) is 0 Å². The number of carbonyl (C=O) groups is 2. The van der Waals surface area contributed by atoms with Gasteiger partial charge in [0.2, 0.25) is 11.8 Å². The smallest absolute Gasteiger partial charge is 0.276 e. The number of piperazine rings is 1. The summed E-state index contributed by atoms with van der Waals surface area (Å²) in [6.07, 6.45) is 2.29. The minimum Gasteiger partial charge on any atom is -0.368 e. The number of amides is 2. The van der Waals surface area contributed by atoms with E-state index in [9.17, 15) is 18.8 Å². The second-order valence-corrected chi connectivity index (χ2v) is 7.90. The number of nitrogens with one attached hydrogen (secondary N) is 1. The highest BCUT2D eigenvalue weighted by atomic mass is 19.1. The Kier molecular flexibility index (Phi) is 5.32. The van der Waals surface area contributed by atoms with Crippen LogP contribution in [0.15, 0.2) is 35.3 Å². The molecule has 1 aromatic heterocycles. The number of anilines is 2. The average Bonchev–Trinajstić information content (AvgIpc) is 2.72. The lowest BCUT2D eigenvalue weighted by Crippen LogP contribution is -2.49. The number of hydrogen-bond acceptors (Lipinski definition) is 5. The van der Waals surface area contributed by atoms with Crippen LogP contribution in [0.25, 0.3) is 0 Å². The molecule has 0 aliphatic carbocycles. The number of aromatic nitrogens is 1. The summed E-state index contributed by atoms with van der Waals surface area (Å²) in [4.78, 5) is 40.2. The van der Waals surface area contributed by atoms with Gasteiger partial charge in [-0.3, -0.25) is 19.7 Å². The first kappa shape index (κ1) is 20.1. The number of imide groups is 1. The van der Waals surface area contributed by atoms with Crippen molar-refractivity contribution in [2.24, 2.45) is 7.05 Å². The summed E-state index contributed by atoms with van der Waals surface area (Å²) >= 11 is 0. The van der Waals surface area contributed by atoms with Gasteiger partial charge < -0.3 is 14.4 Å². The van der Waals surface area contributed by atoms with E-state index in [0.717, 1.165) is 16.8 Å². The summed E-state index contributed by atoms with van der Waals surface area (Å²) in [5.41, 5.74) is 2.76. The Morgan fingerprint density at radius 2 is 1.73 bits per heavy atom. The zero-order chi connectivity index (χ0) is 21.4. The Bertz CT molecular complexity index is 1060. The fourth-order valence-corrected chi connectivity index (χ4v) is 4.40. The van der Waals surface area contributed by atoms with Crippen LogP contribution in [0.1, 0.15) is 29.9 Å². The van der Waals surface area contributed by atoms with Crippen molar-refractivity contribution in [1.82, 2.24) is 9.88 Å². The Labute approximate surface area is 174 Å². The van der Waals surface area contributed by atoms with Crippen LogP contribution >= 0.6 is 0 Å². The highest BCUT2D eigenvalue weighted by molar-refractivity contribution is 6.01. The van der Waals surface area contributed by atoms with Crippen molar-refractivity contribution in [2.45, 2.75) is 25.7 Å². The summed E-state index contributed by atoms with van der Waals surface area (Å²) in [6, 6.07) is 7.21. The average molecular weight is 412 g/mol. The number of piperidine rings is 1. The van der Waals surface area contributed by atoms with E-state index in [0.29, 0.717) is 39.0 Å². The number of pyridine rings is 1. The number of rotatable bonds is 3. The Morgan fingerprint density at radius 1 is 1.03 bits per heavy atom. The molecule has 3 heterocycles. The minimum atomic E-state index is -0.498. The minimum absolute atomic E-state index is 0.119. The SMILES string of the molecule is Cc1c(C2CCC(=O)NC2=O)cccc1N1CCN(c2c(F)ccn(C)c2=O)CC1. The Morgan fingerprint density at radius 3 is 2.43 bits per heavy atom. The van der Waals surface area contributed by atoms with Crippen LogP contribution in [0.2, 0.25) is 0 Å². The van der Waals surface area contributed by atoms with Crippen LogP contribution in [0.4, 0.5) is 15.8 Å². The lowest BCUT2D eigenvalue weighted by atomic mass is 9.87. The third-order valence-electron chi connectivity index (χ3n) is 6.09. The lowest BCUT2D eigenvalue weighted by Gasteiger charge is -2.38. The van der Waals surface area contributed by atoms with Crippen molar-refractivity contribution in [2.75, 3.05) is 36.0 Å². The van der Waals surface area contributed by atoms with Crippen molar-refractivity contribution >= 4 is 23.2 Å². The summed E-state index contributed by atoms with van der Waals surface area (Å²) in [7, 11) is 1.62. The predicted octanol–water partition coefficient (Wildman–Crippen LogP) is 1.68. The maximum Gasteiger partial charge on any atom is 0.276 e. The number of aryl methyl sites for hydroxylation is 1. The third kappa shape index (κ3) is 3.58. The topological polar surface area (TPSA) is 74.7 Å². The lowest BCUT2D eigenvalue weighted by molar-refractivity contribution is -0.134. The van der Waals surface area contributed by atoms with Gasteiger partial charge in [-0.15, -0.1) is 0 Å². The molecule has 2 amide bonds. The van der Waals surface area contributed by atoms with Gasteiger partial charge in [0.25, 0.3) is 5.56 Å². The second-order valence-electron chi connectivity index (χ2n) is 7.90. The fourth-order valence-electron chi connectivity index (χ4n) is 4.40. The molecule has 7 nitrogen and oxygen atoms in total. The first-order chi connectivity index (χ1) is 14.4. The van der Waals surface area contributed by atoms with Gasteiger partial charge >= 0.3 is 0 Å². The first-order valence-electron chi connectivity index (χ1n) is 10.1. The molecule has 2 aliphatic rings. The van der Waals surface area contributed by atoms with Crippen molar-refractivity contribution in [3.63, 3.8) is 0 Å². The molecule has 2 saturated heterocycles. The van der Waals surface area contributed by atoms with Crippen LogP contribution in [-0.4, -0.2) is 42.6 Å². The maximum absolute atomic E-state index is 14.3. The number of carbonyl (C=O) groups excluding carboxylic acids is 2. The molecule has 0 bridgehead atoms. The molecule has 2 fully saturated rings. The van der Waals surface area contributed by atoms with Crippen molar-refractivity contribution < 1.29 is 14.0 Å². The van der Waals surface area contributed by atoms with Gasteiger partial charge in [0.1, 0.15) is 5.69 Å². The van der Waals surface area contributed by atoms with E-state index in [2.05, 4.69) is 10.2 Å². The van der Waals surface area contributed by atoms with Gasteiger partial charge in [-0.05, 0) is 36.6 Å². The zero-order valence-electron chi connectivity index (χ0n) is 17.2. The van der Waals surface area contributed by atoms with E-state index >= 15 is 0 Å². The second kappa shape index (κ2) is 7.93. The Hall–Kier alpha value is -3.16. The van der Waals surface area contributed by atoms with Crippen LogP contribution in [0.5, 0.6) is 0 Å². The molecular weight excluding hydrogens is 387 g/mol. The molecule has 2 aliphatic heterocycles. The molecule has 1 aromatic carbocycles. The third-order valence-corrected chi connectivity index (χ3v) is 6.09. The number of benzene rings is 1. The molecule has 2 aromatic rings. The standard InChI is InChI=1S/C22H25FN4O3/c1-14-15(16-6-7-19(28)24-21(16)29)4-3-5-18(14)26-10-12-27(13-11-26)20-17(23)8-9-25(2)22(20)30/h3-5,8-9,16H,6-7,10-13H2,1-2H3,(H,24,28,29). The highest BCUT2D eigenvalue weighted by Crippen LogP contribution is 2.33. The van der Waals surface area contributed by atoms with E-state index in [4.69, 9.17) is 0 Å². The van der Waals surface area contributed by atoms with Gasteiger partial charge in [0.05, 0.1) is 5.92 Å². The van der Waals surface area contributed by atoms with Crippen molar-refractivity contribution in [3.05, 3.63) is 57.8 Å². The molecule has 1 unspecified atom stereocenters. The maximum atomic E-state index is 14.3. The van der Waals surface area contributed by atoms with Crippen molar-refractivity contribution in [1.29, 1.82) is 0 Å². The summed E-state index contributed by atoms with van der Waals surface area (Å²) in [5.74, 6) is -1.29. The molecule has 0 saturated carbocycles. The summed E-state index contributed by atoms with van der Waals surface area (Å²) in [6.45, 7) is 4.32. The normalized spacial score (nSPS) is 19.8. The van der Waals surface area contributed by atoms with Crippen molar-refractivity contribution in [3.8, 4) is 0 Å². The van der Waals surface area contributed by atoms with Crippen LogP contribution in [-0.2, 0) is 16.6 Å². The quantitative estimate of drug-likeness (QED) is 0.777. The highest BCUT2D eigenvalue weighted by Gasteiger charge is 2.30. The number of nitrogens with zero attached hydrogens (tertiary/aromatic N) is 3. The van der Waals surface area contributed by atoms with Gasteiger partial charge in [-0.25, -0.2) is 4.39 Å². The predicted molar refractivity (Wildman–Crippen MR) is 112 cm³/mol. The first-order valence-corrected chi connectivity index (χ1v) is 10.1. The number of halogens is 1. The van der Waals surface area contributed by atoms with Gasteiger partial charge in [-0.2, -0.15) is 0 Å². The molecule has 30 heavy (non-hydrogen) atoms. The van der Waals surface area contributed by atoms with Gasteiger partial charge in [0, 0.05) is 51.5 Å². The van der Waals surface area contributed by atoms with E-state index < -0.39 is 5.82 Å². The largest absolute Gasteiger partial charge is 0.368 e. The van der Waals surface area contributed by atoms with Gasteiger partial charge in [0.15, 0.2) is 5.82 Å². The monoisotopic (exact) mass is 412 g/mol. The summed E-state index contributed by atoms with van der Waals surface area (Å²) in [5, 5.41) is 2.43. The molecule has 4 rings (SSSR count). The van der Waals surface area contributed by atoms with E-state index in [1.54, 1.807) is 11.9 Å².